The van der Waals surface area contributed by atoms with Gasteiger partial charge >= 0.3 is 11.0 Å². The first-order chi connectivity index (χ1) is 11.3. The van der Waals surface area contributed by atoms with E-state index in [-0.39, 0.29) is 30.2 Å². The SMILES string of the molecule is Cc1csc(=O)n1CCC(=O)NCC(N1CCNCC1)C(F)(F)F.Cl. The number of nitrogens with zero attached hydrogens (tertiary/aromatic N) is 2. The lowest BCUT2D eigenvalue weighted by Gasteiger charge is -2.35. The Morgan fingerprint density at radius 2 is 2.04 bits per heavy atom. The minimum atomic E-state index is -4.40. The van der Waals surface area contributed by atoms with E-state index in [1.165, 1.54) is 9.47 Å². The van der Waals surface area contributed by atoms with Crippen molar-refractivity contribution in [2.75, 3.05) is 32.7 Å². The topological polar surface area (TPSA) is 66.4 Å². The predicted molar refractivity (Wildman–Crippen MR) is 92.5 cm³/mol. The largest absolute Gasteiger partial charge is 0.405 e. The van der Waals surface area contributed by atoms with Gasteiger partial charge in [0.2, 0.25) is 5.91 Å². The lowest BCUT2D eigenvalue weighted by molar-refractivity contribution is -0.184. The normalized spacial score (nSPS) is 17.0. The molecule has 2 rings (SSSR count). The number of halogens is 4. The van der Waals surface area contributed by atoms with Gasteiger partial charge in [0.25, 0.3) is 0 Å². The van der Waals surface area contributed by atoms with E-state index in [1.54, 1.807) is 12.3 Å². The second-order valence-corrected chi connectivity index (χ2v) is 6.51. The highest BCUT2D eigenvalue weighted by Crippen LogP contribution is 2.24. The second-order valence-electron chi connectivity index (χ2n) is 5.69. The molecule has 25 heavy (non-hydrogen) atoms. The summed E-state index contributed by atoms with van der Waals surface area (Å²) in [6.07, 6.45) is -4.42. The van der Waals surface area contributed by atoms with Crippen molar-refractivity contribution in [2.45, 2.75) is 32.1 Å². The van der Waals surface area contributed by atoms with Gasteiger partial charge in [-0.25, -0.2) is 0 Å². The van der Waals surface area contributed by atoms with E-state index in [2.05, 4.69) is 10.6 Å². The zero-order chi connectivity index (χ0) is 17.7. The Balaban J connectivity index is 0.00000312. The standard InChI is InChI=1S/C14H21F3N4O2S.ClH/c1-10-9-24-13(23)21(10)5-2-12(22)19-8-11(14(15,16)17)20-6-3-18-4-7-20;/h9,11,18H,2-8H2,1H3,(H,19,22);1H. The molecule has 11 heteroatoms. The molecule has 0 saturated carbocycles. The van der Waals surface area contributed by atoms with Crippen LogP contribution in [0, 0.1) is 6.92 Å². The first kappa shape index (κ1) is 21.9. The zero-order valence-corrected chi connectivity index (χ0v) is 15.4. The summed E-state index contributed by atoms with van der Waals surface area (Å²) >= 11 is 1.04. The molecule has 1 aromatic rings. The minimum Gasteiger partial charge on any atom is -0.354 e. The van der Waals surface area contributed by atoms with Crippen LogP contribution in [0.4, 0.5) is 13.2 Å². The summed E-state index contributed by atoms with van der Waals surface area (Å²) in [4.78, 5) is 24.6. The minimum absolute atomic E-state index is 0. The Labute approximate surface area is 153 Å². The molecule has 1 amide bonds. The Morgan fingerprint density at radius 1 is 1.40 bits per heavy atom. The highest BCUT2D eigenvalue weighted by atomic mass is 35.5. The van der Waals surface area contributed by atoms with Crippen molar-refractivity contribution in [3.8, 4) is 0 Å². The van der Waals surface area contributed by atoms with E-state index >= 15 is 0 Å². The van der Waals surface area contributed by atoms with Crippen LogP contribution >= 0.6 is 23.7 Å². The summed E-state index contributed by atoms with van der Waals surface area (Å²) < 4.78 is 41.1. The number of aromatic nitrogens is 1. The van der Waals surface area contributed by atoms with Gasteiger partial charge in [0.1, 0.15) is 6.04 Å². The maximum Gasteiger partial charge on any atom is 0.405 e. The molecule has 0 aromatic carbocycles. The van der Waals surface area contributed by atoms with Crippen LogP contribution in [0.1, 0.15) is 12.1 Å². The van der Waals surface area contributed by atoms with Gasteiger partial charge in [0, 0.05) is 56.8 Å². The maximum atomic E-state index is 13.2. The summed E-state index contributed by atoms with van der Waals surface area (Å²) in [7, 11) is 0. The molecule has 0 radical (unpaired) electrons. The van der Waals surface area contributed by atoms with Gasteiger partial charge in [-0.1, -0.05) is 11.3 Å². The Hall–Kier alpha value is -1.10. The van der Waals surface area contributed by atoms with Crippen molar-refractivity contribution >= 4 is 29.7 Å². The van der Waals surface area contributed by atoms with Crippen molar-refractivity contribution < 1.29 is 18.0 Å². The zero-order valence-electron chi connectivity index (χ0n) is 13.8. The van der Waals surface area contributed by atoms with E-state index in [4.69, 9.17) is 0 Å². The average Bonchev–Trinajstić information content (AvgIpc) is 2.84. The summed E-state index contributed by atoms with van der Waals surface area (Å²) in [5, 5.41) is 7.04. The Bertz CT molecular complexity index is 614. The lowest BCUT2D eigenvalue weighted by atomic mass is 10.2. The molecule has 6 nitrogen and oxygen atoms in total. The van der Waals surface area contributed by atoms with E-state index in [0.29, 0.717) is 26.2 Å². The number of carbonyl (C=O) groups excluding carboxylic acids is 1. The average molecular weight is 403 g/mol. The van der Waals surface area contributed by atoms with Crippen molar-refractivity contribution in [2.24, 2.45) is 0 Å². The van der Waals surface area contributed by atoms with Crippen LogP contribution in [0.25, 0.3) is 0 Å². The molecule has 0 bridgehead atoms. The molecule has 1 unspecified atom stereocenters. The van der Waals surface area contributed by atoms with Crippen molar-refractivity contribution in [1.29, 1.82) is 0 Å². The second kappa shape index (κ2) is 9.56. The maximum absolute atomic E-state index is 13.2. The van der Waals surface area contributed by atoms with Crippen LogP contribution in [-0.4, -0.2) is 60.3 Å². The molecule has 144 valence electrons. The fraction of sp³-hybridized carbons (Fsp3) is 0.714. The molecular weight excluding hydrogens is 381 g/mol. The van der Waals surface area contributed by atoms with Crippen molar-refractivity contribution in [3.05, 3.63) is 20.7 Å². The first-order valence-corrected chi connectivity index (χ1v) is 8.60. The molecule has 1 aliphatic heterocycles. The van der Waals surface area contributed by atoms with Gasteiger partial charge in [-0.15, -0.1) is 12.4 Å². The summed E-state index contributed by atoms with van der Waals surface area (Å²) in [5.41, 5.74) is 0.742. The number of rotatable bonds is 6. The monoisotopic (exact) mass is 402 g/mol. The number of carbonyl (C=O) groups is 1. The number of hydrogen-bond acceptors (Lipinski definition) is 5. The van der Waals surface area contributed by atoms with Gasteiger partial charge < -0.3 is 15.2 Å². The number of hydrogen-bond donors (Lipinski definition) is 2. The molecule has 2 heterocycles. The van der Waals surface area contributed by atoms with Crippen LogP contribution in [0.2, 0.25) is 0 Å². The third kappa shape index (κ3) is 6.28. The van der Waals surface area contributed by atoms with Gasteiger partial charge in [-0.05, 0) is 6.92 Å². The Morgan fingerprint density at radius 3 is 2.56 bits per heavy atom. The molecule has 1 aromatic heterocycles. The smallest absolute Gasteiger partial charge is 0.354 e. The van der Waals surface area contributed by atoms with E-state index in [0.717, 1.165) is 17.0 Å². The number of nitrogens with one attached hydrogen (secondary N) is 2. The van der Waals surface area contributed by atoms with Crippen LogP contribution in [0.3, 0.4) is 0 Å². The van der Waals surface area contributed by atoms with E-state index in [1.807, 2.05) is 0 Å². The molecule has 2 N–H and O–H groups in total. The molecule has 1 aliphatic rings. The van der Waals surface area contributed by atoms with Crippen LogP contribution < -0.4 is 15.5 Å². The van der Waals surface area contributed by atoms with Crippen LogP contribution in [0.15, 0.2) is 10.2 Å². The van der Waals surface area contributed by atoms with E-state index in [9.17, 15) is 22.8 Å². The molecular formula is C14H22ClF3N4O2S. The molecule has 1 fully saturated rings. The quantitative estimate of drug-likeness (QED) is 0.744. The van der Waals surface area contributed by atoms with Crippen LogP contribution in [-0.2, 0) is 11.3 Å². The highest BCUT2D eigenvalue weighted by molar-refractivity contribution is 7.07. The molecule has 1 saturated heterocycles. The summed E-state index contributed by atoms with van der Waals surface area (Å²) in [6.45, 7) is 3.04. The third-order valence-electron chi connectivity index (χ3n) is 4.00. The molecule has 0 spiro atoms. The summed E-state index contributed by atoms with van der Waals surface area (Å²) in [5.74, 6) is -0.489. The van der Waals surface area contributed by atoms with Crippen LogP contribution in [0.5, 0.6) is 0 Å². The van der Waals surface area contributed by atoms with Gasteiger partial charge in [-0.2, -0.15) is 13.2 Å². The number of amides is 1. The number of alkyl halides is 3. The third-order valence-corrected chi connectivity index (χ3v) is 4.88. The highest BCUT2D eigenvalue weighted by Gasteiger charge is 2.43. The number of aryl methyl sites for hydroxylation is 1. The number of thiazole rings is 1. The van der Waals surface area contributed by atoms with Gasteiger partial charge in [-0.3, -0.25) is 14.5 Å². The van der Waals surface area contributed by atoms with Crippen molar-refractivity contribution in [1.82, 2.24) is 20.1 Å². The van der Waals surface area contributed by atoms with Gasteiger partial charge in [0.15, 0.2) is 0 Å². The summed E-state index contributed by atoms with van der Waals surface area (Å²) in [6, 6.07) is -1.69. The van der Waals surface area contributed by atoms with E-state index < -0.39 is 24.7 Å². The fourth-order valence-electron chi connectivity index (χ4n) is 2.63. The molecule has 0 aliphatic carbocycles. The predicted octanol–water partition coefficient (Wildman–Crippen LogP) is 0.982. The lowest BCUT2D eigenvalue weighted by Crippen LogP contribution is -2.57. The van der Waals surface area contributed by atoms with Crippen molar-refractivity contribution in [3.63, 3.8) is 0 Å². The number of piperazine rings is 1. The first-order valence-electron chi connectivity index (χ1n) is 7.72. The fourth-order valence-corrected chi connectivity index (χ4v) is 3.39. The molecule has 1 atom stereocenters. The Kier molecular flexibility index (Phi) is 8.39. The van der Waals surface area contributed by atoms with Gasteiger partial charge in [0.05, 0.1) is 0 Å².